The number of methoxy groups -OCH3 is 2. The van der Waals surface area contributed by atoms with Crippen molar-refractivity contribution >= 4 is 11.9 Å². The van der Waals surface area contributed by atoms with E-state index in [9.17, 15) is 14.7 Å². The summed E-state index contributed by atoms with van der Waals surface area (Å²) in [5.41, 5.74) is 4.66. The number of esters is 1. The summed E-state index contributed by atoms with van der Waals surface area (Å²) in [4.78, 5) is 23.8. The molecule has 10 nitrogen and oxygen atoms in total. The number of aromatic carboxylic acids is 1. The van der Waals surface area contributed by atoms with Crippen molar-refractivity contribution < 1.29 is 28.9 Å². The number of hydrogen-bond acceptors (Lipinski definition) is 7. The summed E-state index contributed by atoms with van der Waals surface area (Å²) in [6.07, 6.45) is 9.14. The lowest BCUT2D eigenvalue weighted by molar-refractivity contribution is 0.0510. The quantitative estimate of drug-likeness (QED) is 0.154. The second kappa shape index (κ2) is 17.5. The van der Waals surface area contributed by atoms with E-state index in [4.69, 9.17) is 14.2 Å². The third kappa shape index (κ3) is 9.45. The van der Waals surface area contributed by atoms with Gasteiger partial charge in [0.05, 0.1) is 46.3 Å². The largest absolute Gasteiger partial charge is 0.497 e. The standard InChI is InChI=1S/C18H24N2O3.C16H20N2O3/c1-4-6-7-15-12-19-20(17(15)18(21)23-5-2)13-14-8-10-16(22-3)11-9-14;1-3-4-5-13-10-17-18(15(13)16(19)20)11-12-6-8-14(21-2)9-7-12/h8-12H,4-7,13H2,1-3H3;6-10H,3-5,11H2,1-2H3,(H,19,20). The number of aromatic nitrogens is 4. The first-order valence-electron chi connectivity index (χ1n) is 15.1. The molecule has 0 saturated carbocycles. The molecule has 2 aromatic carbocycles. The Hall–Kier alpha value is -4.60. The Morgan fingerprint density at radius 1 is 0.705 bits per heavy atom. The van der Waals surface area contributed by atoms with Crippen molar-refractivity contribution in [2.24, 2.45) is 0 Å². The molecule has 0 atom stereocenters. The van der Waals surface area contributed by atoms with Gasteiger partial charge in [-0.3, -0.25) is 9.36 Å². The van der Waals surface area contributed by atoms with Gasteiger partial charge in [-0.25, -0.2) is 9.59 Å². The zero-order valence-electron chi connectivity index (χ0n) is 26.4. The number of hydrogen-bond donors (Lipinski definition) is 1. The van der Waals surface area contributed by atoms with Crippen LogP contribution in [0.25, 0.3) is 0 Å². The van der Waals surface area contributed by atoms with Gasteiger partial charge in [0.1, 0.15) is 22.9 Å². The minimum Gasteiger partial charge on any atom is -0.497 e. The smallest absolute Gasteiger partial charge is 0.356 e. The van der Waals surface area contributed by atoms with Crippen molar-refractivity contribution in [3.05, 3.63) is 94.6 Å². The summed E-state index contributed by atoms with van der Waals surface area (Å²) in [7, 11) is 3.26. The summed E-state index contributed by atoms with van der Waals surface area (Å²) in [6, 6.07) is 15.3. The van der Waals surface area contributed by atoms with Crippen molar-refractivity contribution in [2.45, 2.75) is 72.4 Å². The molecule has 10 heteroatoms. The molecule has 0 aliphatic carbocycles. The SMILES string of the molecule is CCCCc1cnn(Cc2ccc(OC)cc2)c1C(=O)O.CCCCc1cnn(Cc2ccc(OC)cc2)c1C(=O)OCC. The average molecular weight is 605 g/mol. The lowest BCUT2D eigenvalue weighted by Crippen LogP contribution is -2.16. The van der Waals surface area contributed by atoms with E-state index in [1.165, 1.54) is 0 Å². The molecule has 236 valence electrons. The predicted octanol–water partition coefficient (Wildman–Crippen LogP) is 6.44. The van der Waals surface area contributed by atoms with E-state index in [2.05, 4.69) is 24.0 Å². The Labute approximate surface area is 259 Å². The van der Waals surface area contributed by atoms with Crippen LogP contribution in [0.15, 0.2) is 60.9 Å². The Morgan fingerprint density at radius 3 is 1.52 bits per heavy atom. The van der Waals surface area contributed by atoms with Crippen LogP contribution in [0.4, 0.5) is 0 Å². The van der Waals surface area contributed by atoms with Gasteiger partial charge in [-0.15, -0.1) is 0 Å². The Bertz CT molecular complexity index is 1460. The molecule has 4 rings (SSSR count). The van der Waals surface area contributed by atoms with Crippen LogP contribution < -0.4 is 9.47 Å². The van der Waals surface area contributed by atoms with Gasteiger partial charge in [-0.1, -0.05) is 51.0 Å². The molecule has 0 spiro atoms. The second-order valence-electron chi connectivity index (χ2n) is 10.3. The molecule has 2 heterocycles. The van der Waals surface area contributed by atoms with Gasteiger partial charge >= 0.3 is 11.9 Å². The maximum absolute atomic E-state index is 12.3. The number of carboxylic acids is 1. The number of rotatable bonds is 15. The highest BCUT2D eigenvalue weighted by Gasteiger charge is 2.20. The van der Waals surface area contributed by atoms with Crippen molar-refractivity contribution in [1.82, 2.24) is 19.6 Å². The number of unbranched alkanes of at least 4 members (excludes halogenated alkanes) is 2. The van der Waals surface area contributed by atoms with Gasteiger partial charge in [0.2, 0.25) is 0 Å². The van der Waals surface area contributed by atoms with E-state index in [1.807, 2.05) is 55.5 Å². The van der Waals surface area contributed by atoms with Gasteiger partial charge in [0, 0.05) is 11.1 Å². The highest BCUT2D eigenvalue weighted by atomic mass is 16.5. The van der Waals surface area contributed by atoms with Gasteiger partial charge in [0.25, 0.3) is 0 Å². The van der Waals surface area contributed by atoms with E-state index in [-0.39, 0.29) is 5.97 Å². The number of ether oxygens (including phenoxy) is 3. The van der Waals surface area contributed by atoms with Crippen molar-refractivity contribution in [3.8, 4) is 11.5 Å². The molecule has 2 aromatic heterocycles. The van der Waals surface area contributed by atoms with Crippen LogP contribution in [-0.4, -0.2) is 57.4 Å². The van der Waals surface area contributed by atoms with Gasteiger partial charge in [-0.2, -0.15) is 10.2 Å². The monoisotopic (exact) mass is 604 g/mol. The fourth-order valence-corrected chi connectivity index (χ4v) is 4.68. The molecule has 4 aromatic rings. The number of carboxylic acid groups (broad SMARTS) is 1. The summed E-state index contributed by atoms with van der Waals surface area (Å²) >= 11 is 0. The van der Waals surface area contributed by atoms with E-state index in [0.29, 0.717) is 31.1 Å². The zero-order chi connectivity index (χ0) is 31.9. The van der Waals surface area contributed by atoms with E-state index in [0.717, 1.165) is 72.3 Å². The molecule has 0 unspecified atom stereocenters. The van der Waals surface area contributed by atoms with Crippen molar-refractivity contribution in [1.29, 1.82) is 0 Å². The number of carbonyl (C=O) groups excluding carboxylic acids is 1. The summed E-state index contributed by atoms with van der Waals surface area (Å²) in [6.45, 7) is 7.36. The van der Waals surface area contributed by atoms with E-state index >= 15 is 0 Å². The lowest BCUT2D eigenvalue weighted by atomic mass is 10.1. The molecule has 1 N–H and O–H groups in total. The van der Waals surface area contributed by atoms with Crippen LogP contribution in [0.1, 0.15) is 89.7 Å². The van der Waals surface area contributed by atoms with Crippen LogP contribution in [-0.2, 0) is 30.7 Å². The number of nitrogens with zero attached hydrogens (tertiary/aromatic N) is 4. The van der Waals surface area contributed by atoms with Crippen LogP contribution in [0.5, 0.6) is 11.5 Å². The summed E-state index contributed by atoms with van der Waals surface area (Å²) in [5.74, 6) is 0.363. The normalized spacial score (nSPS) is 10.6. The first-order valence-corrected chi connectivity index (χ1v) is 15.1. The van der Waals surface area contributed by atoms with E-state index in [1.54, 1.807) is 36.0 Å². The topological polar surface area (TPSA) is 118 Å². The molecule has 0 radical (unpaired) electrons. The highest BCUT2D eigenvalue weighted by Crippen LogP contribution is 2.18. The van der Waals surface area contributed by atoms with Gasteiger partial charge in [-0.05, 0) is 68.0 Å². The minimum absolute atomic E-state index is 0.291. The second-order valence-corrected chi connectivity index (χ2v) is 10.3. The van der Waals surface area contributed by atoms with Gasteiger partial charge in [0.15, 0.2) is 0 Å². The lowest BCUT2D eigenvalue weighted by Gasteiger charge is -2.09. The van der Waals surface area contributed by atoms with E-state index < -0.39 is 5.97 Å². The van der Waals surface area contributed by atoms with Crippen LogP contribution >= 0.6 is 0 Å². The minimum atomic E-state index is -0.924. The first kappa shape index (κ1) is 33.9. The maximum Gasteiger partial charge on any atom is 0.356 e. The molecule has 0 bridgehead atoms. The molecule has 0 fully saturated rings. The third-order valence-electron chi connectivity index (χ3n) is 7.08. The Balaban J connectivity index is 0.000000241. The van der Waals surface area contributed by atoms with Crippen molar-refractivity contribution in [2.75, 3.05) is 20.8 Å². The number of benzene rings is 2. The average Bonchev–Trinajstić information content (AvgIpc) is 3.63. The maximum atomic E-state index is 12.3. The van der Waals surface area contributed by atoms with Crippen LogP contribution in [0.2, 0.25) is 0 Å². The first-order chi connectivity index (χ1) is 21.3. The van der Waals surface area contributed by atoms with Crippen LogP contribution in [0.3, 0.4) is 0 Å². The Kier molecular flexibility index (Phi) is 13.5. The van der Waals surface area contributed by atoms with Gasteiger partial charge < -0.3 is 19.3 Å². The molecule has 0 aliphatic heterocycles. The molecule has 44 heavy (non-hydrogen) atoms. The fourth-order valence-electron chi connectivity index (χ4n) is 4.68. The number of carbonyl (C=O) groups is 2. The predicted molar refractivity (Wildman–Crippen MR) is 169 cm³/mol. The molecule has 0 amide bonds. The molecule has 0 saturated heterocycles. The fraction of sp³-hybridized carbons (Fsp3) is 0.412. The van der Waals surface area contributed by atoms with Crippen molar-refractivity contribution in [3.63, 3.8) is 0 Å². The molecular weight excluding hydrogens is 560 g/mol. The summed E-state index contributed by atoms with van der Waals surface area (Å²) < 4.78 is 18.8. The molecular formula is C34H44N4O6. The molecule has 0 aliphatic rings. The van der Waals surface area contributed by atoms with Crippen LogP contribution in [0, 0.1) is 0 Å². The summed E-state index contributed by atoms with van der Waals surface area (Å²) in [5, 5.41) is 18.0. The third-order valence-corrected chi connectivity index (χ3v) is 7.08. The number of aryl methyl sites for hydroxylation is 2. The zero-order valence-corrected chi connectivity index (χ0v) is 26.4. The highest BCUT2D eigenvalue weighted by molar-refractivity contribution is 5.89. The Morgan fingerprint density at radius 2 is 1.14 bits per heavy atom.